The summed E-state index contributed by atoms with van der Waals surface area (Å²) in [4.78, 5) is 22.1. The van der Waals surface area contributed by atoms with Gasteiger partial charge in [-0.1, -0.05) is 24.3 Å². The summed E-state index contributed by atoms with van der Waals surface area (Å²) < 4.78 is 0. The van der Waals surface area contributed by atoms with Gasteiger partial charge in [-0.15, -0.1) is 0 Å². The second-order valence-electron chi connectivity index (χ2n) is 4.86. The Bertz CT molecular complexity index is 486. The van der Waals surface area contributed by atoms with Crippen molar-refractivity contribution in [3.8, 4) is 0 Å². The Balaban J connectivity index is 2.31. The zero-order valence-corrected chi connectivity index (χ0v) is 11.6. The van der Waals surface area contributed by atoms with E-state index < -0.39 is 17.6 Å². The average molecular weight is 280 g/mol. The molecule has 0 aliphatic rings. The van der Waals surface area contributed by atoms with Gasteiger partial charge < -0.3 is 20.8 Å². The van der Waals surface area contributed by atoms with E-state index in [2.05, 4.69) is 10.6 Å². The molecular formula is C14H20N2O4. The molecule has 0 aromatic heterocycles. The summed E-state index contributed by atoms with van der Waals surface area (Å²) >= 11 is 0. The van der Waals surface area contributed by atoms with E-state index in [0.717, 1.165) is 18.1 Å². The summed E-state index contributed by atoms with van der Waals surface area (Å²) in [6, 6.07) is 7.38. The topological polar surface area (TPSA) is 98.7 Å². The number of carbonyl (C=O) groups is 2. The van der Waals surface area contributed by atoms with E-state index in [9.17, 15) is 14.7 Å². The van der Waals surface area contributed by atoms with E-state index in [4.69, 9.17) is 5.11 Å². The van der Waals surface area contributed by atoms with Crippen LogP contribution < -0.4 is 10.6 Å². The Hall–Kier alpha value is -2.08. The highest BCUT2D eigenvalue weighted by molar-refractivity contribution is 5.79. The molecule has 4 N–H and O–H groups in total. The van der Waals surface area contributed by atoms with Crippen molar-refractivity contribution in [1.82, 2.24) is 10.6 Å². The molecule has 2 amide bonds. The predicted octanol–water partition coefficient (Wildman–Crippen LogP) is 0.672. The van der Waals surface area contributed by atoms with Crippen LogP contribution in [0.1, 0.15) is 18.1 Å². The first-order valence-corrected chi connectivity index (χ1v) is 6.35. The van der Waals surface area contributed by atoms with Gasteiger partial charge in [0.2, 0.25) is 0 Å². The summed E-state index contributed by atoms with van der Waals surface area (Å²) in [5.74, 6) is -1.38. The fourth-order valence-corrected chi connectivity index (χ4v) is 1.59. The second kappa shape index (κ2) is 6.91. The Kier molecular flexibility index (Phi) is 5.52. The summed E-state index contributed by atoms with van der Waals surface area (Å²) in [6.45, 7) is 3.22. The second-order valence-corrected chi connectivity index (χ2v) is 4.86. The highest BCUT2D eigenvalue weighted by atomic mass is 16.4. The zero-order chi connectivity index (χ0) is 15.2. The number of aliphatic carboxylic acids is 1. The number of benzene rings is 1. The van der Waals surface area contributed by atoms with Gasteiger partial charge in [0, 0.05) is 6.54 Å². The SMILES string of the molecule is Cc1ccccc1CCNC(=O)NCC(C)(O)C(=O)O. The summed E-state index contributed by atoms with van der Waals surface area (Å²) in [5, 5.41) is 23.1. The lowest BCUT2D eigenvalue weighted by molar-refractivity contribution is -0.155. The van der Waals surface area contributed by atoms with Crippen LogP contribution in [0, 0.1) is 6.92 Å². The maximum absolute atomic E-state index is 11.5. The van der Waals surface area contributed by atoms with Crippen molar-refractivity contribution in [2.75, 3.05) is 13.1 Å². The lowest BCUT2D eigenvalue weighted by atomic mass is 10.1. The maximum atomic E-state index is 11.5. The molecule has 110 valence electrons. The zero-order valence-electron chi connectivity index (χ0n) is 11.6. The maximum Gasteiger partial charge on any atom is 0.337 e. The lowest BCUT2D eigenvalue weighted by Crippen LogP contribution is -2.49. The Labute approximate surface area is 117 Å². The molecule has 20 heavy (non-hydrogen) atoms. The monoisotopic (exact) mass is 280 g/mol. The number of urea groups is 1. The number of amides is 2. The number of hydrogen-bond donors (Lipinski definition) is 4. The first-order chi connectivity index (χ1) is 9.33. The number of aryl methyl sites for hydroxylation is 1. The number of rotatable bonds is 6. The quantitative estimate of drug-likeness (QED) is 0.615. The number of carboxylic acid groups (broad SMARTS) is 1. The normalized spacial score (nSPS) is 13.3. The average Bonchev–Trinajstić information content (AvgIpc) is 2.38. The van der Waals surface area contributed by atoms with E-state index >= 15 is 0 Å². The van der Waals surface area contributed by atoms with E-state index in [1.807, 2.05) is 31.2 Å². The van der Waals surface area contributed by atoms with Crippen molar-refractivity contribution >= 4 is 12.0 Å². The minimum atomic E-state index is -1.96. The highest BCUT2D eigenvalue weighted by Crippen LogP contribution is 2.06. The molecule has 1 unspecified atom stereocenters. The van der Waals surface area contributed by atoms with Crippen LogP contribution in [-0.4, -0.2) is 40.9 Å². The van der Waals surface area contributed by atoms with Gasteiger partial charge in [-0.05, 0) is 31.4 Å². The molecule has 0 aliphatic carbocycles. The summed E-state index contributed by atoms with van der Waals surface area (Å²) in [6.07, 6.45) is 0.690. The van der Waals surface area contributed by atoms with E-state index in [1.165, 1.54) is 0 Å². The van der Waals surface area contributed by atoms with Crippen LogP contribution in [0.25, 0.3) is 0 Å². The Morgan fingerprint density at radius 1 is 1.25 bits per heavy atom. The minimum absolute atomic E-state index is 0.349. The van der Waals surface area contributed by atoms with Crippen LogP contribution >= 0.6 is 0 Å². The lowest BCUT2D eigenvalue weighted by Gasteiger charge is -2.18. The third-order valence-electron chi connectivity index (χ3n) is 3.00. The number of hydrogen-bond acceptors (Lipinski definition) is 3. The smallest absolute Gasteiger partial charge is 0.337 e. The molecule has 6 nitrogen and oxygen atoms in total. The molecule has 0 aliphatic heterocycles. The van der Waals surface area contributed by atoms with Gasteiger partial charge in [-0.25, -0.2) is 9.59 Å². The molecule has 1 aromatic rings. The fraction of sp³-hybridized carbons (Fsp3) is 0.429. The molecule has 1 aromatic carbocycles. The van der Waals surface area contributed by atoms with E-state index in [-0.39, 0.29) is 6.54 Å². The molecule has 1 atom stereocenters. The third-order valence-corrected chi connectivity index (χ3v) is 3.00. The van der Waals surface area contributed by atoms with Gasteiger partial charge in [0.15, 0.2) is 5.60 Å². The molecule has 0 heterocycles. The van der Waals surface area contributed by atoms with Crippen LogP contribution in [0.3, 0.4) is 0 Å². The van der Waals surface area contributed by atoms with Crippen LogP contribution in [0.5, 0.6) is 0 Å². The van der Waals surface area contributed by atoms with Gasteiger partial charge in [0.05, 0.1) is 6.54 Å². The van der Waals surface area contributed by atoms with Crippen LogP contribution in [0.15, 0.2) is 24.3 Å². The van der Waals surface area contributed by atoms with Gasteiger partial charge in [-0.2, -0.15) is 0 Å². The van der Waals surface area contributed by atoms with Crippen molar-refractivity contribution in [2.45, 2.75) is 25.9 Å². The summed E-state index contributed by atoms with van der Waals surface area (Å²) in [7, 11) is 0. The molecule has 0 spiro atoms. The van der Waals surface area contributed by atoms with Gasteiger partial charge in [0.1, 0.15) is 0 Å². The number of carboxylic acids is 1. The molecule has 0 bridgehead atoms. The molecule has 0 saturated heterocycles. The van der Waals surface area contributed by atoms with Crippen LogP contribution in [-0.2, 0) is 11.2 Å². The number of carbonyl (C=O) groups excluding carboxylic acids is 1. The molecule has 0 fully saturated rings. The Morgan fingerprint density at radius 2 is 1.90 bits per heavy atom. The van der Waals surface area contributed by atoms with Crippen LogP contribution in [0.2, 0.25) is 0 Å². The molecule has 1 rings (SSSR count). The highest BCUT2D eigenvalue weighted by Gasteiger charge is 2.30. The molecule has 0 saturated carbocycles. The molecular weight excluding hydrogens is 260 g/mol. The Morgan fingerprint density at radius 3 is 2.50 bits per heavy atom. The fourth-order valence-electron chi connectivity index (χ4n) is 1.59. The van der Waals surface area contributed by atoms with Crippen molar-refractivity contribution in [2.24, 2.45) is 0 Å². The van der Waals surface area contributed by atoms with Crippen LogP contribution in [0.4, 0.5) is 4.79 Å². The number of aliphatic hydroxyl groups is 1. The van der Waals surface area contributed by atoms with E-state index in [1.54, 1.807) is 0 Å². The first kappa shape index (κ1) is 16.0. The standard InChI is InChI=1S/C14H20N2O4/c1-10-5-3-4-6-11(10)7-8-15-13(19)16-9-14(2,20)12(17)18/h3-6,20H,7-9H2,1-2H3,(H,17,18)(H2,15,16,19). The van der Waals surface area contributed by atoms with Crippen molar-refractivity contribution in [3.05, 3.63) is 35.4 Å². The van der Waals surface area contributed by atoms with E-state index in [0.29, 0.717) is 13.0 Å². The largest absolute Gasteiger partial charge is 0.479 e. The summed E-state index contributed by atoms with van der Waals surface area (Å²) in [5.41, 5.74) is 0.335. The first-order valence-electron chi connectivity index (χ1n) is 6.35. The molecule has 0 radical (unpaired) electrons. The van der Waals surface area contributed by atoms with Crippen molar-refractivity contribution in [1.29, 1.82) is 0 Å². The molecule has 6 heteroatoms. The van der Waals surface area contributed by atoms with Gasteiger partial charge in [0.25, 0.3) is 0 Å². The third kappa shape index (κ3) is 4.89. The van der Waals surface area contributed by atoms with Crippen molar-refractivity contribution < 1.29 is 19.8 Å². The minimum Gasteiger partial charge on any atom is -0.479 e. The predicted molar refractivity (Wildman–Crippen MR) is 74.5 cm³/mol. The van der Waals surface area contributed by atoms with Gasteiger partial charge >= 0.3 is 12.0 Å². The van der Waals surface area contributed by atoms with Gasteiger partial charge in [-0.3, -0.25) is 0 Å². The van der Waals surface area contributed by atoms with Crippen molar-refractivity contribution in [3.63, 3.8) is 0 Å². The number of nitrogens with one attached hydrogen (secondary N) is 2.